The number of H-pyrrole nitrogens is 2. The third kappa shape index (κ3) is 4.90. The first-order valence-corrected chi connectivity index (χ1v) is 11.0. The minimum atomic E-state index is -0.626. The van der Waals surface area contributed by atoms with Gasteiger partial charge in [0.2, 0.25) is 5.91 Å². The Kier molecular flexibility index (Phi) is 7.33. The number of hydrogen-bond acceptors (Lipinski definition) is 4. The average Bonchev–Trinajstić information content (AvgIpc) is 3.15. The third-order valence-electron chi connectivity index (χ3n) is 5.52. The standard InChI is InChI=1S/C23H31N5O3/c1-3-5-9-13-27(19(29)14-16-15-25-18-11-8-7-10-17(16)18)20-21(24)28(12-6-4-2)23(31)26-22(20)30/h7-8,10-11,15,25H,3-6,9,12-14,24H2,1-2H3,(H,26,30,31). The Bertz CT molecular complexity index is 1160. The minimum absolute atomic E-state index is 0.0472. The van der Waals surface area contributed by atoms with Gasteiger partial charge in [0.15, 0.2) is 5.69 Å². The van der Waals surface area contributed by atoms with Gasteiger partial charge in [-0.25, -0.2) is 4.79 Å². The number of para-hydroxylation sites is 1. The molecule has 0 bridgehead atoms. The average molecular weight is 426 g/mol. The van der Waals surface area contributed by atoms with Gasteiger partial charge in [-0.3, -0.25) is 19.1 Å². The van der Waals surface area contributed by atoms with Crippen molar-refractivity contribution in [1.82, 2.24) is 14.5 Å². The van der Waals surface area contributed by atoms with Crippen molar-refractivity contribution in [2.24, 2.45) is 0 Å². The number of carbonyl (C=O) groups is 1. The molecular weight excluding hydrogens is 394 g/mol. The van der Waals surface area contributed by atoms with E-state index in [-0.39, 0.29) is 23.8 Å². The van der Waals surface area contributed by atoms with Crippen molar-refractivity contribution in [1.29, 1.82) is 0 Å². The highest BCUT2D eigenvalue weighted by atomic mass is 16.2. The highest BCUT2D eigenvalue weighted by molar-refractivity contribution is 5.99. The molecule has 0 unspecified atom stereocenters. The molecule has 0 aliphatic rings. The molecule has 0 radical (unpaired) electrons. The smallest absolute Gasteiger partial charge is 0.330 e. The van der Waals surface area contributed by atoms with E-state index in [0.717, 1.165) is 48.6 Å². The van der Waals surface area contributed by atoms with Crippen molar-refractivity contribution in [3.8, 4) is 0 Å². The summed E-state index contributed by atoms with van der Waals surface area (Å²) in [5.41, 5.74) is 6.98. The fourth-order valence-electron chi connectivity index (χ4n) is 3.79. The lowest BCUT2D eigenvalue weighted by atomic mass is 10.1. The van der Waals surface area contributed by atoms with Crippen LogP contribution in [0.2, 0.25) is 0 Å². The molecule has 0 atom stereocenters. The number of fused-ring (bicyclic) bond motifs is 1. The van der Waals surface area contributed by atoms with Crippen LogP contribution in [0.25, 0.3) is 10.9 Å². The first-order valence-electron chi connectivity index (χ1n) is 11.0. The van der Waals surface area contributed by atoms with Crippen LogP contribution in [0.15, 0.2) is 40.1 Å². The van der Waals surface area contributed by atoms with Crippen molar-refractivity contribution in [3.05, 3.63) is 56.9 Å². The molecule has 0 saturated carbocycles. The van der Waals surface area contributed by atoms with Crippen LogP contribution in [0.4, 0.5) is 11.5 Å². The van der Waals surface area contributed by atoms with Crippen molar-refractivity contribution in [2.75, 3.05) is 17.2 Å². The van der Waals surface area contributed by atoms with Gasteiger partial charge in [0, 0.05) is 30.2 Å². The maximum atomic E-state index is 13.4. The zero-order valence-electron chi connectivity index (χ0n) is 18.2. The predicted molar refractivity (Wildman–Crippen MR) is 125 cm³/mol. The highest BCUT2D eigenvalue weighted by Crippen LogP contribution is 2.22. The van der Waals surface area contributed by atoms with E-state index in [2.05, 4.69) is 16.9 Å². The molecule has 3 rings (SSSR count). The van der Waals surface area contributed by atoms with Gasteiger partial charge < -0.3 is 15.6 Å². The van der Waals surface area contributed by atoms with Crippen LogP contribution in [0.3, 0.4) is 0 Å². The lowest BCUT2D eigenvalue weighted by molar-refractivity contribution is -0.118. The van der Waals surface area contributed by atoms with Gasteiger partial charge in [-0.1, -0.05) is 51.3 Å². The normalized spacial score (nSPS) is 11.2. The molecule has 3 aromatic rings. The molecule has 8 heteroatoms. The van der Waals surface area contributed by atoms with E-state index in [1.54, 1.807) is 0 Å². The van der Waals surface area contributed by atoms with Gasteiger partial charge >= 0.3 is 5.69 Å². The topological polar surface area (TPSA) is 117 Å². The molecule has 1 aromatic carbocycles. The molecule has 31 heavy (non-hydrogen) atoms. The number of carbonyl (C=O) groups excluding carboxylic acids is 1. The number of nitrogens with zero attached hydrogens (tertiary/aromatic N) is 2. The van der Waals surface area contributed by atoms with Crippen molar-refractivity contribution >= 4 is 28.3 Å². The molecule has 2 heterocycles. The van der Waals surface area contributed by atoms with Crippen molar-refractivity contribution in [2.45, 2.75) is 58.9 Å². The molecule has 0 aliphatic heterocycles. The van der Waals surface area contributed by atoms with Crippen LogP contribution in [0.1, 0.15) is 51.5 Å². The summed E-state index contributed by atoms with van der Waals surface area (Å²) in [6.07, 6.45) is 6.21. The number of benzene rings is 1. The number of rotatable bonds is 10. The Morgan fingerprint density at radius 2 is 1.84 bits per heavy atom. The maximum absolute atomic E-state index is 13.4. The number of unbranched alkanes of at least 4 members (excludes halogenated alkanes) is 3. The van der Waals surface area contributed by atoms with Crippen LogP contribution < -0.4 is 21.9 Å². The Balaban J connectivity index is 1.99. The number of nitrogens with one attached hydrogen (secondary N) is 2. The molecule has 2 aromatic heterocycles. The second-order valence-corrected chi connectivity index (χ2v) is 7.79. The number of nitrogen functional groups attached to an aromatic ring is 1. The van der Waals surface area contributed by atoms with Gasteiger partial charge in [-0.05, 0) is 24.5 Å². The predicted octanol–water partition coefficient (Wildman–Crippen LogP) is 3.17. The van der Waals surface area contributed by atoms with Gasteiger partial charge in [0.1, 0.15) is 5.82 Å². The van der Waals surface area contributed by atoms with Gasteiger partial charge in [-0.15, -0.1) is 0 Å². The number of nitrogens with two attached hydrogens (primary N) is 1. The van der Waals surface area contributed by atoms with E-state index >= 15 is 0 Å². The Morgan fingerprint density at radius 3 is 2.58 bits per heavy atom. The van der Waals surface area contributed by atoms with E-state index in [1.165, 1.54) is 9.47 Å². The molecule has 8 nitrogen and oxygen atoms in total. The largest absolute Gasteiger partial charge is 0.383 e. The van der Waals surface area contributed by atoms with Crippen LogP contribution in [0.5, 0.6) is 0 Å². The summed E-state index contributed by atoms with van der Waals surface area (Å²) in [5.74, 6) is -0.176. The van der Waals surface area contributed by atoms with Crippen molar-refractivity contribution in [3.63, 3.8) is 0 Å². The number of amides is 1. The van der Waals surface area contributed by atoms with Crippen LogP contribution in [-0.4, -0.2) is 27.0 Å². The minimum Gasteiger partial charge on any atom is -0.383 e. The second-order valence-electron chi connectivity index (χ2n) is 7.79. The Morgan fingerprint density at radius 1 is 1.10 bits per heavy atom. The van der Waals surface area contributed by atoms with Crippen LogP contribution in [-0.2, 0) is 17.8 Å². The van der Waals surface area contributed by atoms with E-state index in [0.29, 0.717) is 13.1 Å². The van der Waals surface area contributed by atoms with Crippen molar-refractivity contribution < 1.29 is 4.79 Å². The molecule has 0 aliphatic carbocycles. The van der Waals surface area contributed by atoms with Gasteiger partial charge in [0.05, 0.1) is 6.42 Å². The van der Waals surface area contributed by atoms with Gasteiger partial charge in [-0.2, -0.15) is 0 Å². The lowest BCUT2D eigenvalue weighted by Gasteiger charge is -2.24. The first-order chi connectivity index (χ1) is 15.0. The summed E-state index contributed by atoms with van der Waals surface area (Å²) >= 11 is 0. The fraction of sp³-hybridized carbons (Fsp3) is 0.435. The summed E-state index contributed by atoms with van der Waals surface area (Å²) in [7, 11) is 0. The first kappa shape index (κ1) is 22.4. The van der Waals surface area contributed by atoms with E-state index in [4.69, 9.17) is 5.73 Å². The quantitative estimate of drug-likeness (QED) is 0.433. The molecule has 0 saturated heterocycles. The second kappa shape index (κ2) is 10.1. The fourth-order valence-corrected chi connectivity index (χ4v) is 3.79. The number of aromatic amines is 2. The molecule has 1 amide bonds. The SMILES string of the molecule is CCCCCN(C(=O)Cc1c[nH]c2ccccc12)c1c(N)n(CCCC)c(=O)[nH]c1=O. The summed E-state index contributed by atoms with van der Waals surface area (Å²) in [6.45, 7) is 4.85. The number of hydrogen-bond donors (Lipinski definition) is 3. The Labute approximate surface area is 181 Å². The third-order valence-corrected chi connectivity index (χ3v) is 5.52. The molecule has 4 N–H and O–H groups in total. The molecular formula is C23H31N5O3. The Hall–Kier alpha value is -3.29. The van der Waals surface area contributed by atoms with E-state index < -0.39 is 11.2 Å². The number of aromatic nitrogens is 3. The zero-order valence-corrected chi connectivity index (χ0v) is 18.2. The van der Waals surface area contributed by atoms with Crippen LogP contribution >= 0.6 is 0 Å². The summed E-state index contributed by atoms with van der Waals surface area (Å²) in [5, 5.41) is 0.971. The van der Waals surface area contributed by atoms with E-state index in [9.17, 15) is 14.4 Å². The molecule has 166 valence electrons. The van der Waals surface area contributed by atoms with E-state index in [1.807, 2.05) is 37.4 Å². The molecule has 0 spiro atoms. The monoisotopic (exact) mass is 425 g/mol. The summed E-state index contributed by atoms with van der Waals surface area (Å²) < 4.78 is 1.35. The van der Waals surface area contributed by atoms with Gasteiger partial charge in [0.25, 0.3) is 5.56 Å². The van der Waals surface area contributed by atoms with Crippen LogP contribution in [0, 0.1) is 0 Å². The summed E-state index contributed by atoms with van der Waals surface area (Å²) in [4.78, 5) is 45.4. The summed E-state index contributed by atoms with van der Waals surface area (Å²) in [6, 6.07) is 7.77. The number of anilines is 2. The zero-order chi connectivity index (χ0) is 22.4. The maximum Gasteiger partial charge on any atom is 0.330 e. The molecule has 0 fully saturated rings. The lowest BCUT2D eigenvalue weighted by Crippen LogP contribution is -2.42. The highest BCUT2D eigenvalue weighted by Gasteiger charge is 2.24.